The van der Waals surface area contributed by atoms with Crippen LogP contribution in [0.2, 0.25) is 0 Å². The van der Waals surface area contributed by atoms with Crippen LogP contribution in [-0.4, -0.2) is 6.61 Å². The Bertz CT molecular complexity index is 678. The van der Waals surface area contributed by atoms with Gasteiger partial charge in [0.1, 0.15) is 0 Å². The first-order chi connectivity index (χ1) is 11.3. The van der Waals surface area contributed by atoms with E-state index in [1.807, 2.05) is 30.3 Å². The largest absolute Gasteiger partial charge is 0.377 e. The minimum absolute atomic E-state index is 0.372. The number of fused-ring (bicyclic) bond motifs is 1. The zero-order chi connectivity index (χ0) is 16.0. The van der Waals surface area contributed by atoms with Gasteiger partial charge < -0.3 is 9.47 Å². The van der Waals surface area contributed by atoms with Gasteiger partial charge in [-0.05, 0) is 23.1 Å². The van der Waals surface area contributed by atoms with E-state index in [1.165, 1.54) is 16.7 Å². The molecule has 0 aromatic heterocycles. The second-order valence-corrected chi connectivity index (χ2v) is 5.89. The molecule has 1 atom stereocenters. The van der Waals surface area contributed by atoms with E-state index < -0.39 is 0 Å². The summed E-state index contributed by atoms with van der Waals surface area (Å²) < 4.78 is 12.0. The summed E-state index contributed by atoms with van der Waals surface area (Å²) in [6.45, 7) is 1.85. The second kappa shape index (κ2) is 7.41. The molecule has 0 bridgehead atoms. The van der Waals surface area contributed by atoms with Gasteiger partial charge in [0.25, 0.3) is 0 Å². The fraction of sp³-hybridized carbons (Fsp3) is 0.350. The van der Waals surface area contributed by atoms with E-state index in [1.54, 1.807) is 0 Å². The van der Waals surface area contributed by atoms with E-state index in [4.69, 9.17) is 14.7 Å². The average Bonchev–Trinajstić information content (AvgIpc) is 2.97. The summed E-state index contributed by atoms with van der Waals surface area (Å²) >= 11 is 0. The summed E-state index contributed by atoms with van der Waals surface area (Å²) in [6, 6.07) is 20.7. The highest BCUT2D eigenvalue weighted by Crippen LogP contribution is 2.42. The number of nitrogens with zero attached hydrogens (tertiary/aromatic N) is 1. The lowest BCUT2D eigenvalue weighted by Crippen LogP contribution is -2.27. The SMILES string of the molecule is N#CCCC1(CCOCc2ccccc2)OCc2ccccc21. The molecule has 1 unspecified atom stereocenters. The number of hydrogen-bond acceptors (Lipinski definition) is 3. The molecular formula is C20H21NO2. The van der Waals surface area contributed by atoms with Gasteiger partial charge >= 0.3 is 0 Å². The van der Waals surface area contributed by atoms with E-state index in [2.05, 4.69) is 30.3 Å². The molecule has 2 aromatic carbocycles. The Morgan fingerprint density at radius 3 is 2.65 bits per heavy atom. The third-order valence-corrected chi connectivity index (χ3v) is 4.41. The van der Waals surface area contributed by atoms with Gasteiger partial charge in [0, 0.05) is 12.8 Å². The van der Waals surface area contributed by atoms with Crippen molar-refractivity contribution >= 4 is 0 Å². The van der Waals surface area contributed by atoms with Gasteiger partial charge in [-0.15, -0.1) is 0 Å². The molecule has 3 rings (SSSR count). The quantitative estimate of drug-likeness (QED) is 0.715. The molecule has 0 aliphatic carbocycles. The molecule has 0 radical (unpaired) electrons. The Kier molecular flexibility index (Phi) is 5.07. The smallest absolute Gasteiger partial charge is 0.0971 e. The molecule has 3 nitrogen and oxygen atoms in total. The minimum atomic E-state index is -0.372. The molecule has 118 valence electrons. The highest BCUT2D eigenvalue weighted by molar-refractivity contribution is 5.35. The van der Waals surface area contributed by atoms with Gasteiger partial charge in [-0.2, -0.15) is 5.26 Å². The Labute approximate surface area is 137 Å². The zero-order valence-electron chi connectivity index (χ0n) is 13.2. The lowest BCUT2D eigenvalue weighted by molar-refractivity contribution is -0.0668. The van der Waals surface area contributed by atoms with E-state index in [0.717, 1.165) is 12.8 Å². The maximum atomic E-state index is 8.97. The van der Waals surface area contributed by atoms with E-state index in [9.17, 15) is 0 Å². The molecule has 0 saturated heterocycles. The minimum Gasteiger partial charge on any atom is -0.377 e. The van der Waals surface area contributed by atoms with Crippen LogP contribution < -0.4 is 0 Å². The van der Waals surface area contributed by atoms with Gasteiger partial charge in [0.2, 0.25) is 0 Å². The molecule has 0 saturated carbocycles. The predicted molar refractivity (Wildman–Crippen MR) is 88.5 cm³/mol. The Morgan fingerprint density at radius 2 is 1.83 bits per heavy atom. The van der Waals surface area contributed by atoms with Gasteiger partial charge in [0.05, 0.1) is 31.5 Å². The number of benzene rings is 2. The highest BCUT2D eigenvalue weighted by atomic mass is 16.5. The van der Waals surface area contributed by atoms with Crippen molar-refractivity contribution in [1.29, 1.82) is 5.26 Å². The Balaban J connectivity index is 1.63. The molecule has 0 amide bonds. The molecule has 1 heterocycles. The molecule has 0 fully saturated rings. The summed E-state index contributed by atoms with van der Waals surface area (Å²) in [5.74, 6) is 0. The predicted octanol–water partition coefficient (Wildman–Crippen LogP) is 4.32. The van der Waals surface area contributed by atoms with Crippen LogP contribution in [0.5, 0.6) is 0 Å². The number of hydrogen-bond donors (Lipinski definition) is 0. The molecule has 0 N–H and O–H groups in total. The van der Waals surface area contributed by atoms with Crippen molar-refractivity contribution in [2.45, 2.75) is 38.1 Å². The summed E-state index contributed by atoms with van der Waals surface area (Å²) in [4.78, 5) is 0. The molecule has 23 heavy (non-hydrogen) atoms. The van der Waals surface area contributed by atoms with Gasteiger partial charge in [-0.25, -0.2) is 0 Å². The summed E-state index contributed by atoms with van der Waals surface area (Å²) in [6.07, 6.45) is 1.99. The lowest BCUT2D eigenvalue weighted by Gasteiger charge is -2.29. The number of rotatable bonds is 7. The maximum Gasteiger partial charge on any atom is 0.0971 e. The average molecular weight is 307 g/mol. The van der Waals surface area contributed by atoms with Crippen molar-refractivity contribution in [3.63, 3.8) is 0 Å². The van der Waals surface area contributed by atoms with Crippen LogP contribution in [0, 0.1) is 11.3 Å². The number of ether oxygens (including phenoxy) is 2. The molecule has 0 spiro atoms. The van der Waals surface area contributed by atoms with Crippen molar-refractivity contribution in [2.75, 3.05) is 6.61 Å². The lowest BCUT2D eigenvalue weighted by atomic mass is 9.86. The third kappa shape index (κ3) is 3.61. The van der Waals surface area contributed by atoms with Crippen LogP contribution in [0.25, 0.3) is 0 Å². The first-order valence-electron chi connectivity index (χ1n) is 8.05. The van der Waals surface area contributed by atoms with Crippen LogP contribution in [0.3, 0.4) is 0 Å². The number of nitriles is 1. The molecule has 3 heteroatoms. The van der Waals surface area contributed by atoms with E-state index in [0.29, 0.717) is 26.2 Å². The first-order valence-corrected chi connectivity index (χ1v) is 8.05. The van der Waals surface area contributed by atoms with Crippen molar-refractivity contribution < 1.29 is 9.47 Å². The second-order valence-electron chi connectivity index (χ2n) is 5.89. The Morgan fingerprint density at radius 1 is 1.04 bits per heavy atom. The van der Waals surface area contributed by atoms with Crippen molar-refractivity contribution in [2.24, 2.45) is 0 Å². The van der Waals surface area contributed by atoms with Gasteiger partial charge in [-0.3, -0.25) is 0 Å². The van der Waals surface area contributed by atoms with Crippen LogP contribution in [0.15, 0.2) is 54.6 Å². The normalized spacial score (nSPS) is 19.3. The van der Waals surface area contributed by atoms with Crippen LogP contribution in [0.4, 0.5) is 0 Å². The van der Waals surface area contributed by atoms with Crippen molar-refractivity contribution in [3.8, 4) is 6.07 Å². The molecular weight excluding hydrogens is 286 g/mol. The third-order valence-electron chi connectivity index (χ3n) is 4.41. The van der Waals surface area contributed by atoms with Crippen LogP contribution in [-0.2, 0) is 28.3 Å². The topological polar surface area (TPSA) is 42.2 Å². The summed E-state index contributed by atoms with van der Waals surface area (Å²) in [5, 5.41) is 8.97. The summed E-state index contributed by atoms with van der Waals surface area (Å²) in [5.41, 5.74) is 3.25. The highest BCUT2D eigenvalue weighted by Gasteiger charge is 2.39. The van der Waals surface area contributed by atoms with E-state index in [-0.39, 0.29) is 5.60 Å². The molecule has 1 aliphatic heterocycles. The summed E-state index contributed by atoms with van der Waals surface area (Å²) in [7, 11) is 0. The fourth-order valence-corrected chi connectivity index (χ4v) is 3.18. The van der Waals surface area contributed by atoms with Crippen LogP contribution in [0.1, 0.15) is 36.0 Å². The van der Waals surface area contributed by atoms with E-state index >= 15 is 0 Å². The zero-order valence-corrected chi connectivity index (χ0v) is 13.2. The van der Waals surface area contributed by atoms with Crippen molar-refractivity contribution in [1.82, 2.24) is 0 Å². The first kappa shape index (κ1) is 15.7. The van der Waals surface area contributed by atoms with Gasteiger partial charge in [-0.1, -0.05) is 54.6 Å². The Hall–Kier alpha value is -2.15. The van der Waals surface area contributed by atoms with Crippen molar-refractivity contribution in [3.05, 3.63) is 71.3 Å². The van der Waals surface area contributed by atoms with Crippen LogP contribution >= 0.6 is 0 Å². The standard InChI is InChI=1S/C20H21NO2/c21-13-6-11-20(19-10-5-4-9-18(19)16-23-20)12-14-22-15-17-7-2-1-3-8-17/h1-5,7-10H,6,11-12,14-16H2. The molecule has 2 aromatic rings. The fourth-order valence-electron chi connectivity index (χ4n) is 3.18. The molecule has 1 aliphatic rings. The maximum absolute atomic E-state index is 8.97. The van der Waals surface area contributed by atoms with Gasteiger partial charge in [0.15, 0.2) is 0 Å². The monoisotopic (exact) mass is 307 g/mol.